The summed E-state index contributed by atoms with van der Waals surface area (Å²) in [5.41, 5.74) is -0.676. The number of phosphoric ester groups is 1. The number of halogens is 4. The number of Topliss-reactive ketones (excluding diaryl/α,β-unsaturated/α-hetero) is 1. The first-order valence-electron chi connectivity index (χ1n) is 15.3. The topological polar surface area (TPSA) is 123 Å². The second-order valence-corrected chi connectivity index (χ2v) is 15.3. The quantitative estimate of drug-likeness (QED) is 0.175. The predicted molar refractivity (Wildman–Crippen MR) is 172 cm³/mol. The molecule has 2 aliphatic heterocycles. The lowest BCUT2D eigenvalue weighted by molar-refractivity contribution is -0.122. The van der Waals surface area contributed by atoms with Gasteiger partial charge in [-0.15, -0.1) is 0 Å². The predicted octanol–water partition coefficient (Wildman–Crippen LogP) is 7.32. The van der Waals surface area contributed by atoms with E-state index in [2.05, 4.69) is 10.6 Å². The van der Waals surface area contributed by atoms with Crippen molar-refractivity contribution in [3.05, 3.63) is 63.1 Å². The largest absolute Gasteiger partial charge is 0.474 e. The Morgan fingerprint density at radius 1 is 1.07 bits per heavy atom. The van der Waals surface area contributed by atoms with Crippen molar-refractivity contribution in [3.8, 4) is 0 Å². The minimum atomic E-state index is -3.82. The van der Waals surface area contributed by atoms with Crippen LogP contribution in [0.3, 0.4) is 0 Å². The molecule has 0 unspecified atom stereocenters. The molecule has 2 heterocycles. The van der Waals surface area contributed by atoms with Crippen LogP contribution in [0.4, 0.5) is 14.5 Å². The fourth-order valence-electron chi connectivity index (χ4n) is 6.55. The Balaban J connectivity index is 1.67. The van der Waals surface area contributed by atoms with Gasteiger partial charge in [-0.25, -0.2) is 13.3 Å². The van der Waals surface area contributed by atoms with Gasteiger partial charge in [0.1, 0.15) is 22.8 Å². The number of ketones is 1. The third-order valence-electron chi connectivity index (χ3n) is 8.31. The standard InChI is InChI=1S/C32H41Cl2F2N2O7P/c1-6-43-46(42,44-7-2)45-17-19(39)9-8-10-26(40)29-28(18-11-12-23(35)21(33)13-18)32(27(38-29)16-31(3,4)5)20-14-24(36)22(34)15-25(20)37-30(32)41/h11-15,19,27-29,38-39H,6-10,16-17H2,1-5H3,(H,37,41)/t19-,27+,28-,29-,32-/m0/s1. The maximum Gasteiger partial charge on any atom is 0.474 e. The molecule has 2 aliphatic rings. The zero-order valence-corrected chi connectivity index (χ0v) is 28.9. The van der Waals surface area contributed by atoms with E-state index in [4.69, 9.17) is 36.8 Å². The SMILES string of the molecule is CCOP(=O)(OCC)OC[C@@H](O)CCCC(=O)[C@@H]1N[C@H](CC(C)(C)C)[C@]2(C(=O)Nc3cc(Cl)c(F)cc32)[C@H]1c1ccc(F)c(Cl)c1. The van der Waals surface area contributed by atoms with Gasteiger partial charge in [0.25, 0.3) is 0 Å². The lowest BCUT2D eigenvalue weighted by atomic mass is 9.62. The van der Waals surface area contributed by atoms with E-state index in [0.717, 1.165) is 0 Å². The van der Waals surface area contributed by atoms with Gasteiger partial charge in [-0.05, 0) is 73.9 Å². The second kappa shape index (κ2) is 14.7. The minimum absolute atomic E-state index is 0.00347. The number of carbonyl (C=O) groups excluding carboxylic acids is 2. The molecule has 1 fully saturated rings. The molecule has 1 spiro atoms. The number of phosphoric acid groups is 1. The molecule has 0 aliphatic carbocycles. The van der Waals surface area contributed by atoms with E-state index < -0.39 is 54.9 Å². The molecule has 1 saturated heterocycles. The third-order valence-corrected chi connectivity index (χ3v) is 10.5. The fourth-order valence-corrected chi connectivity index (χ4v) is 8.11. The van der Waals surface area contributed by atoms with Crippen LogP contribution in [-0.2, 0) is 33.1 Å². The zero-order valence-electron chi connectivity index (χ0n) is 26.5. The molecular weight excluding hydrogens is 664 g/mol. The Hall–Kier alpha value is -1.95. The lowest BCUT2D eigenvalue weighted by Gasteiger charge is -2.37. The van der Waals surface area contributed by atoms with Gasteiger partial charge in [0.15, 0.2) is 0 Å². The van der Waals surface area contributed by atoms with Crippen LogP contribution in [0.1, 0.15) is 77.3 Å². The fraction of sp³-hybridized carbons (Fsp3) is 0.562. The van der Waals surface area contributed by atoms with E-state index in [1.165, 1.54) is 30.3 Å². The van der Waals surface area contributed by atoms with Gasteiger partial charge in [0.05, 0.1) is 42.0 Å². The number of aliphatic hydroxyl groups excluding tert-OH is 1. The minimum Gasteiger partial charge on any atom is -0.391 e. The summed E-state index contributed by atoms with van der Waals surface area (Å²) in [5.74, 6) is -2.98. The zero-order chi connectivity index (χ0) is 34.0. The molecule has 4 rings (SSSR count). The van der Waals surface area contributed by atoms with Gasteiger partial charge in [-0.3, -0.25) is 23.2 Å². The van der Waals surface area contributed by atoms with Gasteiger partial charge in [0.2, 0.25) is 5.91 Å². The van der Waals surface area contributed by atoms with Crippen molar-refractivity contribution >= 4 is 48.4 Å². The number of fused-ring (bicyclic) bond motifs is 2. The Morgan fingerprint density at radius 2 is 1.72 bits per heavy atom. The molecule has 2 aromatic rings. The number of amides is 1. The van der Waals surface area contributed by atoms with Crippen LogP contribution in [0.25, 0.3) is 0 Å². The average molecular weight is 706 g/mol. The van der Waals surface area contributed by atoms with Crippen LogP contribution >= 0.6 is 31.0 Å². The molecule has 2 aromatic carbocycles. The molecule has 3 N–H and O–H groups in total. The van der Waals surface area contributed by atoms with Gasteiger partial charge in [-0.1, -0.05) is 50.0 Å². The van der Waals surface area contributed by atoms with Gasteiger partial charge >= 0.3 is 7.82 Å². The third kappa shape index (κ3) is 7.68. The summed E-state index contributed by atoms with van der Waals surface area (Å²) in [7, 11) is -3.82. The number of rotatable bonds is 14. The molecule has 46 heavy (non-hydrogen) atoms. The summed E-state index contributed by atoms with van der Waals surface area (Å²) in [5, 5.41) is 16.4. The highest BCUT2D eigenvalue weighted by Crippen LogP contribution is 2.57. The highest BCUT2D eigenvalue weighted by atomic mass is 35.5. The maximum atomic E-state index is 15.1. The first kappa shape index (κ1) is 36.9. The summed E-state index contributed by atoms with van der Waals surface area (Å²) in [6.45, 7) is 9.12. The van der Waals surface area contributed by atoms with E-state index >= 15 is 4.39 Å². The highest BCUT2D eigenvalue weighted by molar-refractivity contribution is 7.48. The first-order valence-corrected chi connectivity index (χ1v) is 17.5. The maximum absolute atomic E-state index is 15.1. The molecule has 0 bridgehead atoms. The molecule has 9 nitrogen and oxygen atoms in total. The van der Waals surface area contributed by atoms with Crippen LogP contribution < -0.4 is 10.6 Å². The Bertz CT molecular complexity index is 1500. The van der Waals surface area contributed by atoms with Crippen molar-refractivity contribution < 1.29 is 41.6 Å². The van der Waals surface area contributed by atoms with Crippen LogP contribution in [0, 0.1) is 17.0 Å². The van der Waals surface area contributed by atoms with Crippen molar-refractivity contribution in [3.63, 3.8) is 0 Å². The summed E-state index contributed by atoms with van der Waals surface area (Å²) >= 11 is 12.3. The summed E-state index contributed by atoms with van der Waals surface area (Å²) < 4.78 is 57.4. The summed E-state index contributed by atoms with van der Waals surface area (Å²) in [6, 6.07) is 5.07. The normalized spacial score (nSPS) is 23.5. The van der Waals surface area contributed by atoms with E-state index in [1.54, 1.807) is 13.8 Å². The number of carbonyl (C=O) groups is 2. The molecule has 0 radical (unpaired) electrons. The molecule has 0 aromatic heterocycles. The van der Waals surface area contributed by atoms with Crippen LogP contribution in [0.15, 0.2) is 30.3 Å². The molecular formula is C32H41Cl2F2N2O7P. The van der Waals surface area contributed by atoms with E-state index in [9.17, 15) is 23.7 Å². The van der Waals surface area contributed by atoms with E-state index in [1.807, 2.05) is 20.8 Å². The monoisotopic (exact) mass is 704 g/mol. The Labute approximate surface area is 278 Å². The number of aliphatic hydroxyl groups is 1. The van der Waals surface area contributed by atoms with E-state index in [-0.39, 0.29) is 60.3 Å². The van der Waals surface area contributed by atoms with Crippen LogP contribution in [-0.4, -0.2) is 54.8 Å². The van der Waals surface area contributed by atoms with Gasteiger partial charge in [0, 0.05) is 24.1 Å². The Morgan fingerprint density at radius 3 is 2.33 bits per heavy atom. The molecule has 5 atom stereocenters. The highest BCUT2D eigenvalue weighted by Gasteiger charge is 2.65. The number of nitrogens with one attached hydrogen (secondary N) is 2. The molecule has 1 amide bonds. The smallest absolute Gasteiger partial charge is 0.391 e. The van der Waals surface area contributed by atoms with E-state index in [0.29, 0.717) is 23.2 Å². The summed E-state index contributed by atoms with van der Waals surface area (Å²) in [6.07, 6.45) is -0.278. The van der Waals surface area contributed by atoms with Crippen molar-refractivity contribution in [1.29, 1.82) is 0 Å². The Kier molecular flexibility index (Phi) is 11.8. The van der Waals surface area contributed by atoms with Crippen LogP contribution in [0.2, 0.25) is 10.0 Å². The van der Waals surface area contributed by atoms with Crippen molar-refractivity contribution in [2.45, 2.75) is 89.8 Å². The molecule has 0 saturated carbocycles. The molecule has 254 valence electrons. The number of anilines is 1. The van der Waals surface area contributed by atoms with Crippen molar-refractivity contribution in [2.75, 3.05) is 25.1 Å². The molecule has 14 heteroatoms. The lowest BCUT2D eigenvalue weighted by Crippen LogP contribution is -2.49. The second-order valence-electron chi connectivity index (χ2n) is 12.8. The average Bonchev–Trinajstić information content (AvgIpc) is 3.43. The number of hydrogen-bond acceptors (Lipinski definition) is 8. The van der Waals surface area contributed by atoms with Gasteiger partial charge < -0.3 is 15.7 Å². The summed E-state index contributed by atoms with van der Waals surface area (Å²) in [4.78, 5) is 28.2. The number of benzene rings is 2. The van der Waals surface area contributed by atoms with Gasteiger partial charge in [-0.2, -0.15) is 0 Å². The van der Waals surface area contributed by atoms with Crippen molar-refractivity contribution in [1.82, 2.24) is 5.32 Å². The van der Waals surface area contributed by atoms with Crippen LogP contribution in [0.5, 0.6) is 0 Å². The first-order chi connectivity index (χ1) is 21.6. The van der Waals surface area contributed by atoms with Crippen molar-refractivity contribution in [2.24, 2.45) is 5.41 Å². The number of hydrogen-bond donors (Lipinski definition) is 3.